The largest absolute Gasteiger partial charge is 0.349 e. The van der Waals surface area contributed by atoms with Crippen LogP contribution in [0.5, 0.6) is 0 Å². The number of aromatic nitrogens is 2. The third kappa shape index (κ3) is 3.95. The molecule has 0 saturated carbocycles. The van der Waals surface area contributed by atoms with E-state index in [0.717, 1.165) is 31.9 Å². The van der Waals surface area contributed by atoms with Gasteiger partial charge in [-0.25, -0.2) is 4.98 Å². The molecule has 122 valence electrons. The predicted molar refractivity (Wildman–Crippen MR) is 95.5 cm³/mol. The zero-order chi connectivity index (χ0) is 16.1. The molecule has 1 fully saturated rings. The minimum atomic E-state index is 0.0137. The smallest absolute Gasteiger partial charge is 0.293 e. The van der Waals surface area contributed by atoms with Crippen molar-refractivity contribution in [1.29, 1.82) is 0 Å². The summed E-state index contributed by atoms with van der Waals surface area (Å²) in [5, 5.41) is 3.29. The molecule has 0 amide bonds. The first-order valence-corrected chi connectivity index (χ1v) is 8.94. The fourth-order valence-electron chi connectivity index (χ4n) is 2.68. The molecule has 0 spiro atoms. The van der Waals surface area contributed by atoms with Crippen molar-refractivity contribution in [3.8, 4) is 0 Å². The van der Waals surface area contributed by atoms with Crippen molar-refractivity contribution < 1.29 is 0 Å². The second-order valence-electron chi connectivity index (χ2n) is 5.60. The van der Waals surface area contributed by atoms with Gasteiger partial charge in [-0.15, -0.1) is 11.8 Å². The van der Waals surface area contributed by atoms with Crippen molar-refractivity contribution in [3.05, 3.63) is 52.6 Å². The Hall–Kier alpha value is -1.79. The molecule has 0 radical (unpaired) electrons. The highest BCUT2D eigenvalue weighted by molar-refractivity contribution is 7.99. The standard InChI is InChI=1S/C17H22N4OS/c1-14-4-2-3-5-15(14)23-13-12-21-11-8-19-16(17(21)22)20-9-6-18-7-10-20/h2-5,8,11,18H,6-7,9-10,12-13H2,1H3. The summed E-state index contributed by atoms with van der Waals surface area (Å²) in [5.41, 5.74) is 1.29. The van der Waals surface area contributed by atoms with Gasteiger partial charge in [-0.05, 0) is 18.6 Å². The minimum Gasteiger partial charge on any atom is -0.349 e. The first-order chi connectivity index (χ1) is 11.3. The number of rotatable bonds is 5. The molecule has 5 nitrogen and oxygen atoms in total. The summed E-state index contributed by atoms with van der Waals surface area (Å²) in [6, 6.07) is 8.34. The maximum Gasteiger partial charge on any atom is 0.293 e. The molecule has 1 aromatic heterocycles. The van der Waals surface area contributed by atoms with Gasteiger partial charge in [0.05, 0.1) is 0 Å². The topological polar surface area (TPSA) is 50.2 Å². The van der Waals surface area contributed by atoms with E-state index in [0.29, 0.717) is 12.4 Å². The Labute approximate surface area is 140 Å². The van der Waals surface area contributed by atoms with Gasteiger partial charge in [0.15, 0.2) is 5.82 Å². The van der Waals surface area contributed by atoms with Crippen LogP contribution < -0.4 is 15.8 Å². The number of nitrogens with zero attached hydrogens (tertiary/aromatic N) is 3. The van der Waals surface area contributed by atoms with Gasteiger partial charge in [-0.3, -0.25) is 4.79 Å². The second kappa shape index (κ2) is 7.66. The van der Waals surface area contributed by atoms with Crippen molar-refractivity contribution >= 4 is 17.6 Å². The molecule has 6 heteroatoms. The molecule has 1 aliphatic heterocycles. The number of nitrogens with one attached hydrogen (secondary N) is 1. The Kier molecular flexibility index (Phi) is 5.35. The van der Waals surface area contributed by atoms with Gasteiger partial charge >= 0.3 is 0 Å². The highest BCUT2D eigenvalue weighted by atomic mass is 32.2. The summed E-state index contributed by atoms with van der Waals surface area (Å²) in [6.07, 6.45) is 3.52. The summed E-state index contributed by atoms with van der Waals surface area (Å²) < 4.78 is 1.77. The van der Waals surface area contributed by atoms with Gasteiger partial charge in [-0.1, -0.05) is 18.2 Å². The Balaban J connectivity index is 1.66. The fraction of sp³-hybridized carbons (Fsp3) is 0.412. The average Bonchev–Trinajstić information content (AvgIpc) is 2.59. The van der Waals surface area contributed by atoms with Gasteiger partial charge in [-0.2, -0.15) is 0 Å². The van der Waals surface area contributed by atoms with E-state index < -0.39 is 0 Å². The molecule has 2 heterocycles. The normalized spacial score (nSPS) is 14.9. The van der Waals surface area contributed by atoms with Crippen molar-refractivity contribution in [1.82, 2.24) is 14.9 Å². The first kappa shape index (κ1) is 16.1. The fourth-order valence-corrected chi connectivity index (χ4v) is 3.66. The maximum absolute atomic E-state index is 12.6. The van der Waals surface area contributed by atoms with Crippen LogP contribution in [0.3, 0.4) is 0 Å². The van der Waals surface area contributed by atoms with E-state index in [9.17, 15) is 4.79 Å². The summed E-state index contributed by atoms with van der Waals surface area (Å²) in [7, 11) is 0. The van der Waals surface area contributed by atoms with Crippen LogP contribution in [-0.2, 0) is 6.54 Å². The van der Waals surface area contributed by atoms with Crippen LogP contribution in [0.15, 0.2) is 46.3 Å². The lowest BCUT2D eigenvalue weighted by molar-refractivity contribution is 0.578. The molecule has 0 atom stereocenters. The molecule has 1 aromatic carbocycles. The average molecular weight is 330 g/mol. The number of benzene rings is 1. The molecule has 23 heavy (non-hydrogen) atoms. The van der Waals surface area contributed by atoms with Crippen LogP contribution >= 0.6 is 11.8 Å². The lowest BCUT2D eigenvalue weighted by Crippen LogP contribution is -2.46. The van der Waals surface area contributed by atoms with Gasteiger partial charge in [0, 0.05) is 55.8 Å². The first-order valence-electron chi connectivity index (χ1n) is 7.95. The number of piperazine rings is 1. The zero-order valence-corrected chi connectivity index (χ0v) is 14.2. The summed E-state index contributed by atoms with van der Waals surface area (Å²) in [5.74, 6) is 1.45. The van der Waals surface area contributed by atoms with E-state index in [-0.39, 0.29) is 5.56 Å². The summed E-state index contributed by atoms with van der Waals surface area (Å²) in [4.78, 5) is 20.3. The predicted octanol–water partition coefficient (Wildman–Crippen LogP) is 1.75. The maximum atomic E-state index is 12.6. The van der Waals surface area contributed by atoms with Crippen molar-refractivity contribution in [3.63, 3.8) is 0 Å². The second-order valence-corrected chi connectivity index (χ2v) is 6.74. The monoisotopic (exact) mass is 330 g/mol. The van der Waals surface area contributed by atoms with E-state index in [1.54, 1.807) is 28.7 Å². The molecule has 0 aliphatic carbocycles. The Morgan fingerprint density at radius 2 is 2.04 bits per heavy atom. The van der Waals surface area contributed by atoms with Crippen molar-refractivity contribution in [2.75, 3.05) is 36.8 Å². The Morgan fingerprint density at radius 3 is 2.83 bits per heavy atom. The van der Waals surface area contributed by atoms with Crippen LogP contribution in [-0.4, -0.2) is 41.5 Å². The quantitative estimate of drug-likeness (QED) is 0.847. The van der Waals surface area contributed by atoms with Crippen LogP contribution in [0.25, 0.3) is 0 Å². The van der Waals surface area contributed by atoms with E-state index in [2.05, 4.69) is 40.3 Å². The lowest BCUT2D eigenvalue weighted by atomic mass is 10.2. The van der Waals surface area contributed by atoms with Gasteiger partial charge in [0.1, 0.15) is 0 Å². The third-order valence-electron chi connectivity index (χ3n) is 4.00. The molecule has 2 aromatic rings. The van der Waals surface area contributed by atoms with Crippen LogP contribution in [0.4, 0.5) is 5.82 Å². The van der Waals surface area contributed by atoms with E-state index in [1.807, 2.05) is 6.07 Å². The zero-order valence-electron chi connectivity index (χ0n) is 13.4. The molecule has 1 saturated heterocycles. The van der Waals surface area contributed by atoms with E-state index >= 15 is 0 Å². The summed E-state index contributed by atoms with van der Waals surface area (Å²) >= 11 is 1.79. The van der Waals surface area contributed by atoms with E-state index in [1.165, 1.54) is 10.5 Å². The molecule has 1 N–H and O–H groups in total. The molecular formula is C17H22N4OS. The SMILES string of the molecule is Cc1ccccc1SCCn1ccnc(N2CCNCC2)c1=O. The number of anilines is 1. The number of hydrogen-bond acceptors (Lipinski definition) is 5. The summed E-state index contributed by atoms with van der Waals surface area (Å²) in [6.45, 7) is 6.29. The highest BCUT2D eigenvalue weighted by Crippen LogP contribution is 2.21. The number of thioether (sulfide) groups is 1. The Morgan fingerprint density at radius 1 is 1.26 bits per heavy atom. The van der Waals surface area contributed by atoms with Crippen molar-refractivity contribution in [2.45, 2.75) is 18.4 Å². The third-order valence-corrected chi connectivity index (χ3v) is 5.15. The molecule has 0 bridgehead atoms. The minimum absolute atomic E-state index is 0.0137. The molecular weight excluding hydrogens is 308 g/mol. The van der Waals surface area contributed by atoms with Gasteiger partial charge in [0.2, 0.25) is 0 Å². The van der Waals surface area contributed by atoms with Crippen LogP contribution in [0.1, 0.15) is 5.56 Å². The van der Waals surface area contributed by atoms with Crippen LogP contribution in [0, 0.1) is 6.92 Å². The number of hydrogen-bond donors (Lipinski definition) is 1. The van der Waals surface area contributed by atoms with E-state index in [4.69, 9.17) is 0 Å². The number of aryl methyl sites for hydroxylation is 2. The van der Waals surface area contributed by atoms with Crippen molar-refractivity contribution in [2.24, 2.45) is 0 Å². The molecule has 0 unspecified atom stereocenters. The van der Waals surface area contributed by atoms with Gasteiger partial charge in [0.25, 0.3) is 5.56 Å². The highest BCUT2D eigenvalue weighted by Gasteiger charge is 2.15. The van der Waals surface area contributed by atoms with Gasteiger partial charge < -0.3 is 14.8 Å². The Bertz CT molecular complexity index is 710. The molecule has 3 rings (SSSR count). The molecule has 1 aliphatic rings. The lowest BCUT2D eigenvalue weighted by Gasteiger charge is -2.27. The van der Waals surface area contributed by atoms with Crippen LogP contribution in [0.2, 0.25) is 0 Å².